The SMILES string of the molecule is CC(C)n1nc(-c2ccc3c(c2F)CCN3C(=O)Nc2cc(C(F)(F)F)c(F)cc2F)c2c(N)ncnc21. The molecule has 1 aliphatic heterocycles. The summed E-state index contributed by atoms with van der Waals surface area (Å²) >= 11 is 0. The topological polar surface area (TPSA) is 102 Å². The van der Waals surface area contributed by atoms with E-state index >= 15 is 4.39 Å². The Kier molecular flexibility index (Phi) is 5.92. The second-order valence-electron chi connectivity index (χ2n) is 8.91. The average molecular weight is 535 g/mol. The van der Waals surface area contributed by atoms with Gasteiger partial charge in [-0.2, -0.15) is 18.3 Å². The van der Waals surface area contributed by atoms with Crippen LogP contribution >= 0.6 is 0 Å². The number of anilines is 3. The van der Waals surface area contributed by atoms with E-state index in [9.17, 15) is 26.7 Å². The van der Waals surface area contributed by atoms with Gasteiger partial charge in [0.1, 0.15) is 35.3 Å². The molecule has 5 rings (SSSR count). The van der Waals surface area contributed by atoms with Crippen molar-refractivity contribution in [3.63, 3.8) is 0 Å². The molecule has 0 atom stereocenters. The number of hydrogen-bond donors (Lipinski definition) is 2. The summed E-state index contributed by atoms with van der Waals surface area (Å²) in [5.74, 6) is -3.77. The number of urea groups is 1. The van der Waals surface area contributed by atoms with E-state index < -0.39 is 40.9 Å². The first-order valence-electron chi connectivity index (χ1n) is 11.3. The van der Waals surface area contributed by atoms with Crippen molar-refractivity contribution in [1.29, 1.82) is 0 Å². The number of nitrogens with two attached hydrogens (primary N) is 1. The number of benzene rings is 2. The number of hydrogen-bond acceptors (Lipinski definition) is 5. The Morgan fingerprint density at radius 2 is 1.84 bits per heavy atom. The second kappa shape index (κ2) is 8.89. The maximum Gasteiger partial charge on any atom is 0.419 e. The van der Waals surface area contributed by atoms with Crippen LogP contribution in [0.5, 0.6) is 0 Å². The number of halogens is 6. The van der Waals surface area contributed by atoms with E-state index in [4.69, 9.17) is 5.73 Å². The summed E-state index contributed by atoms with van der Waals surface area (Å²) in [6.45, 7) is 3.69. The molecular formula is C24H19F6N7O. The lowest BCUT2D eigenvalue weighted by molar-refractivity contribution is -0.140. The Balaban J connectivity index is 1.51. The van der Waals surface area contributed by atoms with Crippen molar-refractivity contribution in [2.24, 2.45) is 0 Å². The van der Waals surface area contributed by atoms with E-state index in [0.717, 1.165) is 4.90 Å². The maximum atomic E-state index is 15.8. The summed E-state index contributed by atoms with van der Waals surface area (Å²) < 4.78 is 84.2. The number of nitrogens with zero attached hydrogens (tertiary/aromatic N) is 5. The Bertz CT molecular complexity index is 1600. The monoisotopic (exact) mass is 535 g/mol. The highest BCUT2D eigenvalue weighted by Crippen LogP contribution is 2.39. The predicted octanol–water partition coefficient (Wildman–Crippen LogP) is 5.69. The van der Waals surface area contributed by atoms with Gasteiger partial charge in [-0.25, -0.2) is 32.6 Å². The zero-order valence-electron chi connectivity index (χ0n) is 19.9. The fourth-order valence-electron chi connectivity index (χ4n) is 4.43. The van der Waals surface area contributed by atoms with Crippen molar-refractivity contribution in [1.82, 2.24) is 19.7 Å². The Morgan fingerprint density at radius 1 is 1.11 bits per heavy atom. The summed E-state index contributed by atoms with van der Waals surface area (Å²) in [6.07, 6.45) is -3.76. The van der Waals surface area contributed by atoms with E-state index in [1.165, 1.54) is 18.5 Å². The first-order valence-corrected chi connectivity index (χ1v) is 11.3. The van der Waals surface area contributed by atoms with Gasteiger partial charge in [-0.1, -0.05) is 0 Å². The minimum absolute atomic E-state index is 0.0388. The van der Waals surface area contributed by atoms with Crippen molar-refractivity contribution >= 4 is 34.3 Å². The highest BCUT2D eigenvalue weighted by atomic mass is 19.4. The lowest BCUT2D eigenvalue weighted by atomic mass is 10.0. The summed E-state index contributed by atoms with van der Waals surface area (Å²) in [4.78, 5) is 22.1. The third kappa shape index (κ3) is 4.05. The van der Waals surface area contributed by atoms with E-state index in [2.05, 4.69) is 15.1 Å². The third-order valence-electron chi connectivity index (χ3n) is 6.21. The van der Waals surface area contributed by atoms with Crippen LogP contribution in [0.4, 0.5) is 48.3 Å². The Morgan fingerprint density at radius 3 is 2.53 bits per heavy atom. The lowest BCUT2D eigenvalue weighted by Gasteiger charge is -2.19. The molecule has 8 nitrogen and oxygen atoms in total. The number of carbonyl (C=O) groups excluding carboxylic acids is 1. The number of nitrogens with one attached hydrogen (secondary N) is 1. The summed E-state index contributed by atoms with van der Waals surface area (Å²) in [6, 6.07) is 1.91. The fraction of sp³-hybridized carbons (Fsp3) is 0.250. The van der Waals surface area contributed by atoms with Crippen molar-refractivity contribution in [3.05, 3.63) is 59.2 Å². The smallest absolute Gasteiger partial charge is 0.383 e. The minimum atomic E-state index is -5.10. The van der Waals surface area contributed by atoms with Crippen LogP contribution in [0.15, 0.2) is 30.6 Å². The van der Waals surface area contributed by atoms with Gasteiger partial charge in [-0.3, -0.25) is 4.90 Å². The highest BCUT2D eigenvalue weighted by Gasteiger charge is 2.36. The van der Waals surface area contributed by atoms with Gasteiger partial charge in [0, 0.05) is 29.8 Å². The summed E-state index contributed by atoms with van der Waals surface area (Å²) in [5, 5.41) is 6.88. The molecule has 0 bridgehead atoms. The first-order chi connectivity index (χ1) is 17.9. The number of carbonyl (C=O) groups is 1. The van der Waals surface area contributed by atoms with Crippen molar-refractivity contribution < 1.29 is 31.1 Å². The number of alkyl halides is 3. The number of amides is 2. The van der Waals surface area contributed by atoms with Gasteiger partial charge in [0.25, 0.3) is 0 Å². The molecule has 0 aliphatic carbocycles. The van der Waals surface area contributed by atoms with E-state index in [1.807, 2.05) is 19.2 Å². The molecule has 1 aliphatic rings. The highest BCUT2D eigenvalue weighted by molar-refractivity contribution is 6.04. The molecule has 0 unspecified atom stereocenters. The molecular weight excluding hydrogens is 516 g/mol. The van der Waals surface area contributed by atoms with Gasteiger partial charge in [-0.15, -0.1) is 0 Å². The van der Waals surface area contributed by atoms with Crippen LogP contribution in [0.3, 0.4) is 0 Å². The molecule has 0 saturated carbocycles. The van der Waals surface area contributed by atoms with Gasteiger partial charge >= 0.3 is 12.2 Å². The zero-order valence-corrected chi connectivity index (χ0v) is 19.9. The standard InChI is InChI=1S/C24H19F6N7O/c1-10(2)37-22-18(21(31)32-9-33-22)20(35-37)12-3-4-17-11(19(12)27)5-6-36(17)23(38)34-16-7-13(24(28,29)30)14(25)8-15(16)26/h3-4,7-10H,5-6H2,1-2H3,(H,34,38)(H2,31,32,33). The molecule has 0 radical (unpaired) electrons. The van der Waals surface area contributed by atoms with Gasteiger partial charge < -0.3 is 11.1 Å². The number of aromatic nitrogens is 4. The molecule has 2 amide bonds. The van der Waals surface area contributed by atoms with Crippen LogP contribution in [0.25, 0.3) is 22.3 Å². The molecule has 3 N–H and O–H groups in total. The predicted molar refractivity (Wildman–Crippen MR) is 127 cm³/mol. The van der Waals surface area contributed by atoms with Gasteiger partial charge in [0.15, 0.2) is 5.65 Å². The molecule has 0 fully saturated rings. The van der Waals surface area contributed by atoms with Gasteiger partial charge in [-0.05, 0) is 38.5 Å². The molecule has 0 spiro atoms. The zero-order chi connectivity index (χ0) is 27.5. The van der Waals surface area contributed by atoms with Crippen LogP contribution in [-0.2, 0) is 12.6 Å². The summed E-state index contributed by atoms with van der Waals surface area (Å²) in [5.41, 5.74) is 4.47. The molecule has 3 heterocycles. The average Bonchev–Trinajstić information content (AvgIpc) is 3.44. The fourth-order valence-corrected chi connectivity index (χ4v) is 4.43. The normalized spacial score (nSPS) is 13.4. The molecule has 38 heavy (non-hydrogen) atoms. The van der Waals surface area contributed by atoms with Crippen molar-refractivity contribution in [3.8, 4) is 11.3 Å². The number of rotatable bonds is 3. The third-order valence-corrected chi connectivity index (χ3v) is 6.21. The van der Waals surface area contributed by atoms with E-state index in [-0.39, 0.29) is 59.5 Å². The van der Waals surface area contributed by atoms with Crippen molar-refractivity contribution in [2.45, 2.75) is 32.5 Å². The van der Waals surface area contributed by atoms with E-state index in [0.29, 0.717) is 11.0 Å². The molecule has 4 aromatic rings. The van der Waals surface area contributed by atoms with Crippen LogP contribution in [0.1, 0.15) is 31.0 Å². The lowest BCUT2D eigenvalue weighted by Crippen LogP contribution is -2.33. The first kappa shape index (κ1) is 25.3. The van der Waals surface area contributed by atoms with Crippen molar-refractivity contribution in [2.75, 3.05) is 22.5 Å². The molecule has 0 saturated heterocycles. The second-order valence-corrected chi connectivity index (χ2v) is 8.91. The Labute approximate surface area is 211 Å². The minimum Gasteiger partial charge on any atom is -0.383 e. The Hall–Kier alpha value is -4.36. The number of nitrogen functional groups attached to an aromatic ring is 1. The van der Waals surface area contributed by atoms with Crippen LogP contribution < -0.4 is 16.0 Å². The summed E-state index contributed by atoms with van der Waals surface area (Å²) in [7, 11) is 0. The molecule has 198 valence electrons. The van der Waals surface area contributed by atoms with Crippen LogP contribution in [0.2, 0.25) is 0 Å². The van der Waals surface area contributed by atoms with Gasteiger partial charge in [0.05, 0.1) is 22.3 Å². The maximum absolute atomic E-state index is 15.8. The quantitative estimate of drug-likeness (QED) is 0.329. The number of fused-ring (bicyclic) bond motifs is 2. The molecule has 2 aromatic carbocycles. The van der Waals surface area contributed by atoms with Crippen LogP contribution in [0, 0.1) is 17.5 Å². The molecule has 2 aromatic heterocycles. The van der Waals surface area contributed by atoms with E-state index in [1.54, 1.807) is 4.68 Å². The molecule has 14 heteroatoms. The largest absolute Gasteiger partial charge is 0.419 e. The van der Waals surface area contributed by atoms with Crippen LogP contribution in [-0.4, -0.2) is 32.3 Å². The van der Waals surface area contributed by atoms with Gasteiger partial charge in [0.2, 0.25) is 0 Å².